The van der Waals surface area contributed by atoms with Crippen molar-refractivity contribution in [2.24, 2.45) is 0 Å². The van der Waals surface area contributed by atoms with Gasteiger partial charge in [0.15, 0.2) is 5.78 Å². The van der Waals surface area contributed by atoms with Crippen molar-refractivity contribution in [1.29, 1.82) is 0 Å². The van der Waals surface area contributed by atoms with Crippen molar-refractivity contribution in [1.82, 2.24) is 9.55 Å². The first-order valence-corrected chi connectivity index (χ1v) is 11.6. The van der Waals surface area contributed by atoms with Gasteiger partial charge in [0, 0.05) is 28.5 Å². The van der Waals surface area contributed by atoms with Crippen LogP contribution in [0, 0.1) is 12.7 Å². The van der Waals surface area contributed by atoms with E-state index in [1.807, 2.05) is 31.2 Å². The van der Waals surface area contributed by atoms with E-state index < -0.39 is 11.8 Å². The zero-order valence-corrected chi connectivity index (χ0v) is 19.8. The molecule has 6 rings (SSSR count). The number of furan rings is 1. The molecule has 1 aliphatic carbocycles. The van der Waals surface area contributed by atoms with E-state index >= 15 is 4.39 Å². The molecule has 0 bridgehead atoms. The Morgan fingerprint density at radius 3 is 2.86 bits per heavy atom. The van der Waals surface area contributed by atoms with Crippen LogP contribution < -0.4 is 0 Å². The number of allylic oxidation sites excluding steroid dienone is 4. The van der Waals surface area contributed by atoms with Crippen molar-refractivity contribution in [3.63, 3.8) is 0 Å². The molecule has 0 atom stereocenters. The SMILES string of the molecule is Cc1ccc2nc(Cl)c(Cn3c(C(=O)O)c(C4=CC=CCC4=O)c4c5occc5c(F)cc43)cc2c1. The summed E-state index contributed by atoms with van der Waals surface area (Å²) >= 11 is 6.52. The lowest BCUT2D eigenvalue weighted by Gasteiger charge is -2.13. The first-order valence-electron chi connectivity index (χ1n) is 11.2. The van der Waals surface area contributed by atoms with E-state index in [9.17, 15) is 14.7 Å². The van der Waals surface area contributed by atoms with Crippen LogP contribution in [0.5, 0.6) is 0 Å². The summed E-state index contributed by atoms with van der Waals surface area (Å²) in [6.45, 7) is 1.96. The number of hydrogen-bond acceptors (Lipinski definition) is 4. The fraction of sp³-hybridized carbons (Fsp3) is 0.107. The Morgan fingerprint density at radius 2 is 2.08 bits per heavy atom. The Labute approximate surface area is 208 Å². The molecule has 0 unspecified atom stereocenters. The molecule has 0 fully saturated rings. The van der Waals surface area contributed by atoms with Gasteiger partial charge in [-0.1, -0.05) is 41.5 Å². The van der Waals surface area contributed by atoms with Gasteiger partial charge >= 0.3 is 5.97 Å². The topological polar surface area (TPSA) is 85.3 Å². The maximum atomic E-state index is 15.1. The molecule has 0 spiro atoms. The van der Waals surface area contributed by atoms with E-state index in [0.29, 0.717) is 16.5 Å². The summed E-state index contributed by atoms with van der Waals surface area (Å²) in [5.74, 6) is -2.05. The smallest absolute Gasteiger partial charge is 0.353 e. The number of aromatic carboxylic acids is 1. The number of rotatable bonds is 4. The Hall–Kier alpha value is -4.23. The molecule has 2 aromatic carbocycles. The van der Waals surface area contributed by atoms with E-state index in [1.165, 1.54) is 23.0 Å². The third-order valence-electron chi connectivity index (χ3n) is 6.52. The van der Waals surface area contributed by atoms with Crippen molar-refractivity contribution < 1.29 is 23.5 Å². The molecule has 178 valence electrons. The van der Waals surface area contributed by atoms with Crippen LogP contribution in [-0.2, 0) is 11.3 Å². The quantitative estimate of drug-likeness (QED) is 0.278. The monoisotopic (exact) mass is 500 g/mol. The van der Waals surface area contributed by atoms with Crippen molar-refractivity contribution in [2.45, 2.75) is 19.9 Å². The molecule has 0 radical (unpaired) electrons. The van der Waals surface area contributed by atoms with Gasteiger partial charge in [-0.05, 0) is 37.3 Å². The van der Waals surface area contributed by atoms with Crippen LogP contribution >= 0.6 is 11.6 Å². The number of fused-ring (bicyclic) bond motifs is 4. The molecular weight excluding hydrogens is 483 g/mol. The zero-order valence-electron chi connectivity index (χ0n) is 19.0. The predicted molar refractivity (Wildman–Crippen MR) is 136 cm³/mol. The summed E-state index contributed by atoms with van der Waals surface area (Å²) in [5.41, 5.74) is 3.06. The van der Waals surface area contributed by atoms with Crippen LogP contribution in [0.25, 0.3) is 38.3 Å². The van der Waals surface area contributed by atoms with E-state index in [4.69, 9.17) is 16.0 Å². The molecule has 36 heavy (non-hydrogen) atoms. The van der Waals surface area contributed by atoms with Gasteiger partial charge in [0.25, 0.3) is 0 Å². The molecule has 3 heterocycles. The predicted octanol–water partition coefficient (Wildman–Crippen LogP) is 6.70. The van der Waals surface area contributed by atoms with Crippen LogP contribution in [0.2, 0.25) is 5.15 Å². The summed E-state index contributed by atoms with van der Waals surface area (Å²) in [6.07, 6.45) is 6.48. The van der Waals surface area contributed by atoms with E-state index in [-0.39, 0.29) is 57.2 Å². The first-order chi connectivity index (χ1) is 17.3. The maximum absolute atomic E-state index is 15.1. The Kier molecular flexibility index (Phi) is 5.05. The van der Waals surface area contributed by atoms with E-state index in [2.05, 4.69) is 4.98 Å². The van der Waals surface area contributed by atoms with Gasteiger partial charge in [-0.25, -0.2) is 14.2 Å². The van der Waals surface area contributed by atoms with Gasteiger partial charge in [-0.15, -0.1) is 0 Å². The Bertz CT molecular complexity index is 1830. The van der Waals surface area contributed by atoms with Crippen molar-refractivity contribution in [3.8, 4) is 0 Å². The number of aryl methyl sites for hydroxylation is 1. The molecule has 1 aliphatic rings. The fourth-order valence-electron chi connectivity index (χ4n) is 4.92. The molecule has 0 aliphatic heterocycles. The molecule has 0 saturated carbocycles. The summed E-state index contributed by atoms with van der Waals surface area (Å²) in [7, 11) is 0. The Balaban J connectivity index is 1.70. The summed E-state index contributed by atoms with van der Waals surface area (Å²) in [5, 5.41) is 12.0. The van der Waals surface area contributed by atoms with Gasteiger partial charge in [0.2, 0.25) is 0 Å². The van der Waals surface area contributed by atoms with Gasteiger partial charge in [-0.3, -0.25) is 4.79 Å². The second kappa shape index (κ2) is 8.17. The standard InChI is InChI=1S/C28H18ClFN2O4/c1-14-6-7-20-15(10-14)11-16(27(29)31-20)13-32-21-12-19(30)17-8-9-36-26(17)24(21)23(25(32)28(34)35)18-4-2-3-5-22(18)33/h2-4,6-12H,5,13H2,1H3,(H,34,35). The molecule has 0 saturated heterocycles. The third-order valence-corrected chi connectivity index (χ3v) is 6.84. The van der Waals surface area contributed by atoms with Crippen molar-refractivity contribution in [2.75, 3.05) is 0 Å². The third kappa shape index (κ3) is 3.35. The molecule has 0 amide bonds. The van der Waals surface area contributed by atoms with E-state index in [0.717, 1.165) is 10.9 Å². The average molecular weight is 501 g/mol. The lowest BCUT2D eigenvalue weighted by Crippen LogP contribution is -2.14. The second-order valence-corrected chi connectivity index (χ2v) is 9.16. The van der Waals surface area contributed by atoms with Crippen molar-refractivity contribution >= 4 is 61.7 Å². The highest BCUT2D eigenvalue weighted by Crippen LogP contribution is 2.40. The molecule has 1 N–H and O–H groups in total. The largest absolute Gasteiger partial charge is 0.477 e. The highest BCUT2D eigenvalue weighted by Gasteiger charge is 2.31. The number of carboxylic acid groups (broad SMARTS) is 1. The summed E-state index contributed by atoms with van der Waals surface area (Å²) < 4.78 is 22.2. The minimum Gasteiger partial charge on any atom is -0.477 e. The molecule has 8 heteroatoms. The zero-order chi connectivity index (χ0) is 25.1. The molecular formula is C28H18ClFN2O4. The lowest BCUT2D eigenvalue weighted by atomic mass is 9.93. The number of carboxylic acids is 1. The number of pyridine rings is 1. The molecule has 6 nitrogen and oxygen atoms in total. The summed E-state index contributed by atoms with van der Waals surface area (Å²) in [6, 6.07) is 10.4. The van der Waals surface area contributed by atoms with Crippen LogP contribution in [0.3, 0.4) is 0 Å². The number of nitrogens with zero attached hydrogens (tertiary/aromatic N) is 2. The average Bonchev–Trinajstić information content (AvgIpc) is 3.44. The lowest BCUT2D eigenvalue weighted by molar-refractivity contribution is -0.113. The molecule has 3 aromatic heterocycles. The van der Waals surface area contributed by atoms with Crippen LogP contribution in [0.4, 0.5) is 4.39 Å². The molecule has 5 aromatic rings. The minimum absolute atomic E-state index is 0.00316. The highest BCUT2D eigenvalue weighted by atomic mass is 35.5. The van der Waals surface area contributed by atoms with Crippen LogP contribution in [0.1, 0.15) is 33.6 Å². The van der Waals surface area contributed by atoms with Crippen LogP contribution in [-0.4, -0.2) is 26.4 Å². The van der Waals surface area contributed by atoms with Gasteiger partial charge in [0.1, 0.15) is 22.2 Å². The fourth-order valence-corrected chi connectivity index (χ4v) is 5.12. The first kappa shape index (κ1) is 22.2. The second-order valence-electron chi connectivity index (χ2n) is 8.80. The number of aromatic nitrogens is 2. The van der Waals surface area contributed by atoms with Gasteiger partial charge in [-0.2, -0.15) is 0 Å². The Morgan fingerprint density at radius 1 is 1.25 bits per heavy atom. The van der Waals surface area contributed by atoms with Crippen LogP contribution in [0.15, 0.2) is 65.3 Å². The van der Waals surface area contributed by atoms with Gasteiger partial charge in [0.05, 0.1) is 34.6 Å². The number of Topliss-reactive ketones (excluding diaryl/α,β-unsaturated/α-hetero) is 1. The minimum atomic E-state index is -1.26. The number of carbonyl (C=O) groups excluding carboxylic acids is 1. The number of benzene rings is 2. The summed E-state index contributed by atoms with van der Waals surface area (Å²) in [4.78, 5) is 30.1. The maximum Gasteiger partial charge on any atom is 0.353 e. The van der Waals surface area contributed by atoms with E-state index in [1.54, 1.807) is 18.2 Å². The normalized spacial score (nSPS) is 13.8. The number of ketones is 1. The highest BCUT2D eigenvalue weighted by molar-refractivity contribution is 6.31. The number of hydrogen-bond donors (Lipinski definition) is 1. The number of halogens is 2. The van der Waals surface area contributed by atoms with Gasteiger partial charge < -0.3 is 14.1 Å². The van der Waals surface area contributed by atoms with Crippen molar-refractivity contribution in [3.05, 3.63) is 94.2 Å². The number of carbonyl (C=O) groups is 2.